The van der Waals surface area contributed by atoms with Crippen LogP contribution in [0.25, 0.3) is 0 Å². The normalized spacial score (nSPS) is 10.2. The molecule has 0 aliphatic carbocycles. The Balaban J connectivity index is 1.91. The number of carbonyl (C=O) groups excluding carboxylic acids is 1. The van der Waals surface area contributed by atoms with Crippen molar-refractivity contribution < 1.29 is 14.3 Å². The largest absolute Gasteiger partial charge is 0.493 e. The molecule has 0 saturated heterocycles. The predicted molar refractivity (Wildman–Crippen MR) is 80.5 cm³/mol. The average molecular weight is 288 g/mol. The van der Waals surface area contributed by atoms with E-state index in [1.807, 2.05) is 48.3 Å². The molecule has 0 radical (unpaired) electrons. The highest BCUT2D eigenvalue weighted by Crippen LogP contribution is 2.27. The third-order valence-electron chi connectivity index (χ3n) is 3.20. The van der Waals surface area contributed by atoms with Gasteiger partial charge in [0.25, 0.3) is 0 Å². The molecule has 1 amide bonds. The van der Waals surface area contributed by atoms with Gasteiger partial charge in [0.05, 0.1) is 20.6 Å². The van der Waals surface area contributed by atoms with E-state index >= 15 is 0 Å². The Hall–Kier alpha value is -2.43. The summed E-state index contributed by atoms with van der Waals surface area (Å²) in [5.74, 6) is 1.33. The van der Waals surface area contributed by atoms with Gasteiger partial charge in [-0.1, -0.05) is 6.07 Å². The highest BCUT2D eigenvalue weighted by molar-refractivity contribution is 5.78. The van der Waals surface area contributed by atoms with Gasteiger partial charge in [0.15, 0.2) is 11.5 Å². The SMILES string of the molecule is COc1ccc(CNC(=O)Cc2ccn(C)c2)cc1OC. The smallest absolute Gasteiger partial charge is 0.224 e. The zero-order valence-electron chi connectivity index (χ0n) is 12.6. The predicted octanol–water partition coefficient (Wildman–Crippen LogP) is 1.90. The number of benzene rings is 1. The Morgan fingerprint density at radius 1 is 1.14 bits per heavy atom. The zero-order chi connectivity index (χ0) is 15.2. The third-order valence-corrected chi connectivity index (χ3v) is 3.20. The lowest BCUT2D eigenvalue weighted by molar-refractivity contribution is -0.120. The van der Waals surface area contributed by atoms with Crippen molar-refractivity contribution in [2.24, 2.45) is 7.05 Å². The van der Waals surface area contributed by atoms with E-state index in [0.29, 0.717) is 24.5 Å². The highest BCUT2D eigenvalue weighted by Gasteiger charge is 2.07. The van der Waals surface area contributed by atoms with Crippen molar-refractivity contribution in [3.05, 3.63) is 47.8 Å². The maximum atomic E-state index is 11.9. The van der Waals surface area contributed by atoms with Gasteiger partial charge in [0.1, 0.15) is 0 Å². The molecule has 1 aromatic carbocycles. The summed E-state index contributed by atoms with van der Waals surface area (Å²) in [6, 6.07) is 7.54. The molecule has 2 aromatic rings. The summed E-state index contributed by atoms with van der Waals surface area (Å²) in [5, 5.41) is 2.90. The Morgan fingerprint density at radius 2 is 1.90 bits per heavy atom. The van der Waals surface area contributed by atoms with Crippen molar-refractivity contribution in [2.75, 3.05) is 14.2 Å². The van der Waals surface area contributed by atoms with Gasteiger partial charge in [0.2, 0.25) is 5.91 Å². The second-order valence-electron chi connectivity index (χ2n) is 4.83. The summed E-state index contributed by atoms with van der Waals surface area (Å²) in [5.41, 5.74) is 1.97. The summed E-state index contributed by atoms with van der Waals surface area (Å²) < 4.78 is 12.4. The van der Waals surface area contributed by atoms with Gasteiger partial charge in [0, 0.05) is 26.0 Å². The highest BCUT2D eigenvalue weighted by atomic mass is 16.5. The molecule has 0 bridgehead atoms. The molecule has 0 spiro atoms. The topological polar surface area (TPSA) is 52.5 Å². The van der Waals surface area contributed by atoms with Gasteiger partial charge in [-0.25, -0.2) is 0 Å². The van der Waals surface area contributed by atoms with Crippen molar-refractivity contribution in [3.63, 3.8) is 0 Å². The summed E-state index contributed by atoms with van der Waals surface area (Å²) >= 11 is 0. The average Bonchev–Trinajstić information content (AvgIpc) is 2.89. The van der Waals surface area contributed by atoms with Crippen LogP contribution in [0, 0.1) is 0 Å². The van der Waals surface area contributed by atoms with E-state index in [1.165, 1.54) is 0 Å². The standard InChI is InChI=1S/C16H20N2O3/c1-18-7-6-13(11-18)9-16(19)17-10-12-4-5-14(20-2)15(8-12)21-3/h4-8,11H,9-10H2,1-3H3,(H,17,19). The Labute approximate surface area is 124 Å². The van der Waals surface area contributed by atoms with Crippen molar-refractivity contribution >= 4 is 5.91 Å². The summed E-state index contributed by atoms with van der Waals surface area (Å²) in [4.78, 5) is 11.9. The molecule has 0 atom stereocenters. The molecular weight excluding hydrogens is 268 g/mol. The van der Waals surface area contributed by atoms with Crippen LogP contribution in [-0.2, 0) is 24.8 Å². The number of methoxy groups -OCH3 is 2. The van der Waals surface area contributed by atoms with E-state index in [2.05, 4.69) is 5.32 Å². The number of rotatable bonds is 6. The van der Waals surface area contributed by atoms with Crippen LogP contribution in [0.15, 0.2) is 36.7 Å². The third kappa shape index (κ3) is 4.02. The van der Waals surface area contributed by atoms with E-state index in [9.17, 15) is 4.79 Å². The van der Waals surface area contributed by atoms with Gasteiger partial charge in [-0.2, -0.15) is 0 Å². The molecular formula is C16H20N2O3. The fourth-order valence-electron chi connectivity index (χ4n) is 2.10. The molecule has 2 rings (SSSR count). The Morgan fingerprint density at radius 3 is 2.52 bits per heavy atom. The molecule has 0 aliphatic heterocycles. The fourth-order valence-corrected chi connectivity index (χ4v) is 2.10. The van der Waals surface area contributed by atoms with Crippen LogP contribution in [-0.4, -0.2) is 24.7 Å². The van der Waals surface area contributed by atoms with E-state index in [0.717, 1.165) is 11.1 Å². The van der Waals surface area contributed by atoms with Crippen LogP contribution in [0.3, 0.4) is 0 Å². The maximum absolute atomic E-state index is 11.9. The van der Waals surface area contributed by atoms with Gasteiger partial charge in [-0.05, 0) is 29.3 Å². The molecule has 112 valence electrons. The van der Waals surface area contributed by atoms with Crippen LogP contribution in [0.4, 0.5) is 0 Å². The van der Waals surface area contributed by atoms with E-state index < -0.39 is 0 Å². The number of hydrogen-bond donors (Lipinski definition) is 1. The van der Waals surface area contributed by atoms with Crippen LogP contribution in [0.5, 0.6) is 11.5 Å². The minimum absolute atomic E-state index is 0.00372. The Bertz CT molecular complexity index is 620. The van der Waals surface area contributed by atoms with Crippen molar-refractivity contribution in [3.8, 4) is 11.5 Å². The summed E-state index contributed by atoms with van der Waals surface area (Å²) in [6.45, 7) is 0.464. The number of amides is 1. The number of nitrogens with zero attached hydrogens (tertiary/aromatic N) is 1. The lowest BCUT2D eigenvalue weighted by Crippen LogP contribution is -2.24. The minimum atomic E-state index is -0.00372. The number of aromatic nitrogens is 1. The summed E-state index contributed by atoms with van der Waals surface area (Å²) in [7, 11) is 5.12. The van der Waals surface area contributed by atoms with Crippen molar-refractivity contribution in [1.29, 1.82) is 0 Å². The molecule has 5 nitrogen and oxygen atoms in total. The number of ether oxygens (including phenoxy) is 2. The first-order chi connectivity index (χ1) is 10.1. The first kappa shape index (κ1) is 15.0. The lowest BCUT2D eigenvalue weighted by atomic mass is 10.2. The van der Waals surface area contributed by atoms with Crippen LogP contribution >= 0.6 is 0 Å². The summed E-state index contributed by atoms with van der Waals surface area (Å²) in [6.07, 6.45) is 4.25. The van der Waals surface area contributed by atoms with Crippen LogP contribution < -0.4 is 14.8 Å². The first-order valence-electron chi connectivity index (χ1n) is 6.71. The number of aryl methyl sites for hydroxylation is 1. The number of carbonyl (C=O) groups is 1. The maximum Gasteiger partial charge on any atom is 0.224 e. The van der Waals surface area contributed by atoms with Gasteiger partial charge >= 0.3 is 0 Å². The minimum Gasteiger partial charge on any atom is -0.493 e. The number of nitrogens with one attached hydrogen (secondary N) is 1. The molecule has 1 heterocycles. The lowest BCUT2D eigenvalue weighted by Gasteiger charge is -2.10. The second-order valence-corrected chi connectivity index (χ2v) is 4.83. The first-order valence-corrected chi connectivity index (χ1v) is 6.71. The molecule has 0 aliphatic rings. The van der Waals surface area contributed by atoms with E-state index in [4.69, 9.17) is 9.47 Å². The fraction of sp³-hybridized carbons (Fsp3) is 0.312. The van der Waals surface area contributed by atoms with E-state index in [1.54, 1.807) is 14.2 Å². The molecule has 0 fully saturated rings. The molecule has 0 saturated carbocycles. The van der Waals surface area contributed by atoms with Crippen molar-refractivity contribution in [2.45, 2.75) is 13.0 Å². The van der Waals surface area contributed by atoms with Gasteiger partial charge in [-0.3, -0.25) is 4.79 Å². The second kappa shape index (κ2) is 6.83. The number of hydrogen-bond acceptors (Lipinski definition) is 3. The van der Waals surface area contributed by atoms with Crippen LogP contribution in [0.2, 0.25) is 0 Å². The Kier molecular flexibility index (Phi) is 4.87. The molecule has 1 aromatic heterocycles. The van der Waals surface area contributed by atoms with E-state index in [-0.39, 0.29) is 5.91 Å². The quantitative estimate of drug-likeness (QED) is 0.883. The molecule has 21 heavy (non-hydrogen) atoms. The van der Waals surface area contributed by atoms with Crippen LogP contribution in [0.1, 0.15) is 11.1 Å². The van der Waals surface area contributed by atoms with Crippen molar-refractivity contribution in [1.82, 2.24) is 9.88 Å². The molecule has 0 unspecified atom stereocenters. The zero-order valence-corrected chi connectivity index (χ0v) is 12.6. The molecule has 1 N–H and O–H groups in total. The van der Waals surface area contributed by atoms with Gasteiger partial charge in [-0.15, -0.1) is 0 Å². The monoisotopic (exact) mass is 288 g/mol. The molecule has 5 heteroatoms. The van der Waals surface area contributed by atoms with Gasteiger partial charge < -0.3 is 19.4 Å².